The number of hydrogen-bond acceptors (Lipinski definition) is 8. The molecular formula is C14H15N7O2. The lowest BCUT2D eigenvalue weighted by atomic mass is 10.2. The number of H-pyrrole nitrogens is 1. The van der Waals surface area contributed by atoms with Crippen molar-refractivity contribution in [3.8, 4) is 0 Å². The Labute approximate surface area is 131 Å². The van der Waals surface area contributed by atoms with Gasteiger partial charge in [-0.3, -0.25) is 4.79 Å². The minimum Gasteiger partial charge on any atom is -0.400 e. The van der Waals surface area contributed by atoms with Crippen LogP contribution < -0.4 is 11.1 Å². The largest absolute Gasteiger partial charge is 0.400 e. The lowest BCUT2D eigenvalue weighted by Gasteiger charge is -2.07. The molecule has 0 amide bonds. The number of aromatic amines is 1. The van der Waals surface area contributed by atoms with Crippen molar-refractivity contribution < 1.29 is 9.90 Å². The van der Waals surface area contributed by atoms with E-state index >= 15 is 0 Å². The van der Waals surface area contributed by atoms with E-state index in [9.17, 15) is 4.79 Å². The third kappa shape index (κ3) is 3.30. The van der Waals surface area contributed by atoms with Crippen molar-refractivity contribution in [1.29, 1.82) is 5.41 Å². The highest BCUT2D eigenvalue weighted by Crippen LogP contribution is 2.23. The minimum atomic E-state index is 0.416. The molecule has 0 bridgehead atoms. The highest BCUT2D eigenvalue weighted by molar-refractivity contribution is 5.94. The Balaban J connectivity index is 0.000000924. The SMILES string of the molecule is CO.N=Cc1cc(Nc2ncnc3[nH]c(C=O)cc23)ncc1N. The average Bonchev–Trinajstić information content (AvgIpc) is 3.03. The van der Waals surface area contributed by atoms with E-state index in [0.717, 1.165) is 13.3 Å². The molecule has 0 aliphatic carbocycles. The Hall–Kier alpha value is -3.33. The topological polar surface area (TPSA) is 154 Å². The van der Waals surface area contributed by atoms with Gasteiger partial charge >= 0.3 is 0 Å². The second-order valence-corrected chi connectivity index (χ2v) is 4.29. The van der Waals surface area contributed by atoms with Crippen LogP contribution in [0.2, 0.25) is 0 Å². The summed E-state index contributed by atoms with van der Waals surface area (Å²) in [5.41, 5.74) is 7.64. The molecule has 118 valence electrons. The first-order valence-electron chi connectivity index (χ1n) is 6.48. The predicted molar refractivity (Wildman–Crippen MR) is 87.2 cm³/mol. The van der Waals surface area contributed by atoms with Gasteiger partial charge in [0.15, 0.2) is 6.29 Å². The van der Waals surface area contributed by atoms with E-state index in [4.69, 9.17) is 16.2 Å². The van der Waals surface area contributed by atoms with Crippen molar-refractivity contribution in [2.24, 2.45) is 0 Å². The molecule has 0 unspecified atom stereocenters. The number of aldehydes is 1. The Kier molecular flexibility index (Phi) is 4.95. The van der Waals surface area contributed by atoms with E-state index in [1.807, 2.05) is 0 Å². The van der Waals surface area contributed by atoms with Gasteiger partial charge in [0.2, 0.25) is 0 Å². The van der Waals surface area contributed by atoms with Crippen LogP contribution in [0, 0.1) is 5.41 Å². The molecule has 0 aliphatic heterocycles. The Morgan fingerprint density at radius 1 is 1.30 bits per heavy atom. The maximum absolute atomic E-state index is 10.8. The second-order valence-electron chi connectivity index (χ2n) is 4.29. The van der Waals surface area contributed by atoms with Gasteiger partial charge in [0.25, 0.3) is 0 Å². The van der Waals surface area contributed by atoms with Crippen molar-refractivity contribution in [1.82, 2.24) is 19.9 Å². The number of carbonyl (C=O) groups excluding carboxylic acids is 1. The fraction of sp³-hybridized carbons (Fsp3) is 0.0714. The first-order valence-corrected chi connectivity index (χ1v) is 6.48. The lowest BCUT2D eigenvalue weighted by Crippen LogP contribution is -2.00. The highest BCUT2D eigenvalue weighted by atomic mass is 16.2. The maximum atomic E-state index is 10.8. The number of carbonyl (C=O) groups is 1. The number of aromatic nitrogens is 4. The first kappa shape index (κ1) is 16.0. The Morgan fingerprint density at radius 2 is 2.09 bits per heavy atom. The summed E-state index contributed by atoms with van der Waals surface area (Å²) >= 11 is 0. The van der Waals surface area contributed by atoms with Crippen molar-refractivity contribution >= 4 is 40.9 Å². The Bertz CT molecular complexity index is 844. The molecule has 3 aromatic heterocycles. The normalized spacial score (nSPS) is 9.83. The number of nitrogen functional groups attached to an aromatic ring is 1. The van der Waals surface area contributed by atoms with Crippen LogP contribution in [0.25, 0.3) is 11.0 Å². The minimum absolute atomic E-state index is 0.416. The van der Waals surface area contributed by atoms with Gasteiger partial charge in [-0.1, -0.05) is 0 Å². The van der Waals surface area contributed by atoms with E-state index in [0.29, 0.717) is 45.9 Å². The highest BCUT2D eigenvalue weighted by Gasteiger charge is 2.09. The summed E-state index contributed by atoms with van der Waals surface area (Å²) in [4.78, 5) is 26.0. The fourth-order valence-corrected chi connectivity index (χ4v) is 1.92. The summed E-state index contributed by atoms with van der Waals surface area (Å²) in [7, 11) is 1.00. The number of rotatable bonds is 4. The van der Waals surface area contributed by atoms with Crippen LogP contribution in [0.4, 0.5) is 17.3 Å². The molecule has 9 heteroatoms. The number of nitrogens with zero attached hydrogens (tertiary/aromatic N) is 3. The van der Waals surface area contributed by atoms with Gasteiger partial charge in [-0.15, -0.1) is 0 Å². The monoisotopic (exact) mass is 313 g/mol. The van der Waals surface area contributed by atoms with Crippen molar-refractivity contribution in [3.63, 3.8) is 0 Å². The van der Waals surface area contributed by atoms with E-state index in [2.05, 4.69) is 25.3 Å². The van der Waals surface area contributed by atoms with Crippen LogP contribution in [0.3, 0.4) is 0 Å². The number of nitrogens with two attached hydrogens (primary N) is 1. The van der Waals surface area contributed by atoms with Gasteiger partial charge in [-0.25, -0.2) is 15.0 Å². The summed E-state index contributed by atoms with van der Waals surface area (Å²) < 4.78 is 0. The number of nitrogens with one attached hydrogen (secondary N) is 3. The van der Waals surface area contributed by atoms with Gasteiger partial charge in [0.1, 0.15) is 23.6 Å². The van der Waals surface area contributed by atoms with Crippen LogP contribution in [-0.2, 0) is 0 Å². The van der Waals surface area contributed by atoms with E-state index < -0.39 is 0 Å². The van der Waals surface area contributed by atoms with E-state index in [-0.39, 0.29) is 0 Å². The fourth-order valence-electron chi connectivity index (χ4n) is 1.92. The van der Waals surface area contributed by atoms with Gasteiger partial charge in [0, 0.05) is 18.9 Å². The third-order valence-electron chi connectivity index (χ3n) is 2.94. The molecule has 0 fully saturated rings. The van der Waals surface area contributed by atoms with Crippen molar-refractivity contribution in [2.45, 2.75) is 0 Å². The summed E-state index contributed by atoms with van der Waals surface area (Å²) in [5, 5.41) is 18.0. The average molecular weight is 313 g/mol. The summed E-state index contributed by atoms with van der Waals surface area (Å²) in [6.45, 7) is 0. The van der Waals surface area contributed by atoms with E-state index in [1.54, 1.807) is 12.1 Å². The predicted octanol–water partition coefficient (Wildman–Crippen LogP) is 1.10. The Morgan fingerprint density at radius 3 is 2.78 bits per heavy atom. The summed E-state index contributed by atoms with van der Waals surface area (Å²) in [6, 6.07) is 3.29. The third-order valence-corrected chi connectivity index (χ3v) is 2.94. The smallest absolute Gasteiger partial charge is 0.166 e. The number of fused-ring (bicyclic) bond motifs is 1. The summed E-state index contributed by atoms with van der Waals surface area (Å²) in [5.74, 6) is 1.01. The molecule has 0 aromatic carbocycles. The molecule has 0 atom stereocenters. The molecule has 0 saturated carbocycles. The van der Waals surface area contributed by atoms with Crippen LogP contribution in [0.1, 0.15) is 16.1 Å². The van der Waals surface area contributed by atoms with E-state index in [1.165, 1.54) is 12.5 Å². The standard InChI is InChI=1S/C13H11N7O.CH4O/c14-3-7-1-11(16-4-10(7)15)20-13-9-2-8(5-21)19-12(9)17-6-18-13;1-2/h1-6,14H,15H2,(H2,16,17,18,19,20);2H,1H3. The van der Waals surface area contributed by atoms with Crippen LogP contribution in [-0.4, -0.2) is 44.7 Å². The van der Waals surface area contributed by atoms with Gasteiger partial charge in [0.05, 0.1) is 23.0 Å². The number of pyridine rings is 1. The zero-order valence-electron chi connectivity index (χ0n) is 12.2. The van der Waals surface area contributed by atoms with Gasteiger partial charge in [-0.05, 0) is 12.1 Å². The number of aliphatic hydroxyl groups is 1. The lowest BCUT2D eigenvalue weighted by molar-refractivity contribution is 0.111. The van der Waals surface area contributed by atoms with Crippen molar-refractivity contribution in [2.75, 3.05) is 18.2 Å². The molecule has 6 N–H and O–H groups in total. The second kappa shape index (κ2) is 7.09. The molecule has 0 spiro atoms. The van der Waals surface area contributed by atoms with Crippen LogP contribution in [0.5, 0.6) is 0 Å². The molecule has 0 radical (unpaired) electrons. The molecule has 3 heterocycles. The first-order chi connectivity index (χ1) is 11.2. The van der Waals surface area contributed by atoms with Gasteiger partial charge < -0.3 is 26.6 Å². The molecular weight excluding hydrogens is 298 g/mol. The maximum Gasteiger partial charge on any atom is 0.166 e. The van der Waals surface area contributed by atoms with Gasteiger partial charge in [-0.2, -0.15) is 0 Å². The summed E-state index contributed by atoms with van der Waals surface area (Å²) in [6.07, 6.45) is 4.71. The van der Waals surface area contributed by atoms with Crippen LogP contribution >= 0.6 is 0 Å². The molecule has 9 nitrogen and oxygen atoms in total. The zero-order chi connectivity index (χ0) is 16.8. The molecule has 0 aliphatic rings. The van der Waals surface area contributed by atoms with Crippen LogP contribution in [0.15, 0.2) is 24.7 Å². The number of anilines is 3. The molecule has 3 aromatic rings. The number of aliphatic hydroxyl groups excluding tert-OH is 1. The quantitative estimate of drug-likeness (QED) is 0.357. The molecule has 23 heavy (non-hydrogen) atoms. The van der Waals surface area contributed by atoms with Crippen molar-refractivity contribution in [3.05, 3.63) is 35.9 Å². The zero-order valence-corrected chi connectivity index (χ0v) is 12.2. The molecule has 0 saturated heterocycles. The number of hydrogen-bond donors (Lipinski definition) is 5. The molecule has 3 rings (SSSR count).